The maximum Gasteiger partial charge on any atom is 0.0530 e. The van der Waals surface area contributed by atoms with E-state index in [1.807, 2.05) is 30.5 Å². The Labute approximate surface area is 134 Å². The number of rotatable bonds is 2. The average molecular weight is 300 g/mol. The third-order valence-electron chi connectivity index (χ3n) is 2.38. The van der Waals surface area contributed by atoms with E-state index in [0.29, 0.717) is 0 Å². The van der Waals surface area contributed by atoms with Crippen LogP contribution < -0.4 is 10.6 Å². The van der Waals surface area contributed by atoms with E-state index < -0.39 is 0 Å². The van der Waals surface area contributed by atoms with Crippen molar-refractivity contribution in [2.45, 2.75) is 52.6 Å². The minimum absolute atomic E-state index is 0.114. The van der Waals surface area contributed by atoms with Gasteiger partial charge < -0.3 is 10.6 Å². The Morgan fingerprint density at radius 1 is 0.682 bits per heavy atom. The fourth-order valence-corrected chi connectivity index (χ4v) is 1.74. The van der Waals surface area contributed by atoms with E-state index in [-0.39, 0.29) is 11.1 Å². The normalized spacial score (nSPS) is 11.2. The smallest absolute Gasteiger partial charge is 0.0530 e. The van der Waals surface area contributed by atoms with Gasteiger partial charge in [-0.2, -0.15) is 0 Å². The Balaban J connectivity index is 0.000000220. The van der Waals surface area contributed by atoms with Crippen LogP contribution in [-0.4, -0.2) is 21.0 Å². The van der Waals surface area contributed by atoms with Gasteiger partial charge in [-0.15, -0.1) is 0 Å². The molecule has 2 aromatic heterocycles. The molecule has 0 aliphatic rings. The predicted octanol–water partition coefficient (Wildman–Crippen LogP) is 4.58. The van der Waals surface area contributed by atoms with Crippen LogP contribution >= 0.6 is 0 Å². The van der Waals surface area contributed by atoms with Crippen molar-refractivity contribution in [3.05, 3.63) is 49.1 Å². The van der Waals surface area contributed by atoms with Crippen LogP contribution in [0, 0.1) is 0 Å². The SMILES string of the molecule is CC(C)(C)Nc1cccnc1.CC(C)(C)Nc1ccncc1. The molecule has 0 radical (unpaired) electrons. The standard InChI is InChI=1S/2C9H14N2/c1-9(2,3)11-8-4-6-10-7-5-8;1-9(2,3)11-8-5-4-6-10-7-8/h4-7H,1-3H3,(H,10,11);4-7,11H,1-3H3. The summed E-state index contributed by atoms with van der Waals surface area (Å²) in [5, 5.41) is 6.66. The van der Waals surface area contributed by atoms with Crippen molar-refractivity contribution in [2.75, 3.05) is 10.6 Å². The van der Waals surface area contributed by atoms with Gasteiger partial charge >= 0.3 is 0 Å². The first-order valence-electron chi connectivity index (χ1n) is 7.52. The molecule has 0 unspecified atom stereocenters. The molecule has 2 rings (SSSR count). The van der Waals surface area contributed by atoms with Crippen molar-refractivity contribution in [3.8, 4) is 0 Å². The van der Waals surface area contributed by atoms with Crippen molar-refractivity contribution in [1.29, 1.82) is 0 Å². The molecule has 0 amide bonds. The minimum Gasteiger partial charge on any atom is -0.380 e. The quantitative estimate of drug-likeness (QED) is 0.852. The highest BCUT2D eigenvalue weighted by atomic mass is 15.0. The summed E-state index contributed by atoms with van der Waals surface area (Å²) in [6.45, 7) is 12.8. The topological polar surface area (TPSA) is 49.8 Å². The summed E-state index contributed by atoms with van der Waals surface area (Å²) in [7, 11) is 0. The average Bonchev–Trinajstić information content (AvgIpc) is 2.38. The van der Waals surface area contributed by atoms with Gasteiger partial charge in [-0.3, -0.25) is 9.97 Å². The second-order valence-electron chi connectivity index (χ2n) is 7.23. The lowest BCUT2D eigenvalue weighted by atomic mass is 10.1. The largest absolute Gasteiger partial charge is 0.380 e. The van der Waals surface area contributed by atoms with Crippen molar-refractivity contribution in [3.63, 3.8) is 0 Å². The molecule has 2 heterocycles. The zero-order valence-corrected chi connectivity index (χ0v) is 14.5. The molecule has 2 aromatic rings. The fraction of sp³-hybridized carbons (Fsp3) is 0.444. The van der Waals surface area contributed by atoms with Crippen molar-refractivity contribution in [2.24, 2.45) is 0 Å². The summed E-state index contributed by atoms with van der Waals surface area (Å²) < 4.78 is 0. The number of hydrogen-bond donors (Lipinski definition) is 2. The third kappa shape index (κ3) is 8.95. The molecule has 0 spiro atoms. The first-order valence-corrected chi connectivity index (χ1v) is 7.52. The molecule has 4 heteroatoms. The number of pyridine rings is 2. The molecule has 0 aliphatic carbocycles. The lowest BCUT2D eigenvalue weighted by Crippen LogP contribution is -2.25. The highest BCUT2D eigenvalue weighted by Crippen LogP contribution is 2.12. The van der Waals surface area contributed by atoms with Gasteiger partial charge in [0.05, 0.1) is 5.69 Å². The summed E-state index contributed by atoms with van der Waals surface area (Å²) in [6, 6.07) is 7.86. The van der Waals surface area contributed by atoms with E-state index in [1.54, 1.807) is 18.6 Å². The molecular weight excluding hydrogens is 272 g/mol. The number of anilines is 2. The van der Waals surface area contributed by atoms with E-state index in [9.17, 15) is 0 Å². The molecule has 22 heavy (non-hydrogen) atoms. The van der Waals surface area contributed by atoms with E-state index >= 15 is 0 Å². The molecule has 120 valence electrons. The van der Waals surface area contributed by atoms with Crippen LogP contribution in [0.2, 0.25) is 0 Å². The number of hydrogen-bond acceptors (Lipinski definition) is 4. The molecule has 0 saturated heterocycles. The summed E-state index contributed by atoms with van der Waals surface area (Å²) >= 11 is 0. The molecule has 0 bridgehead atoms. The van der Waals surface area contributed by atoms with Gasteiger partial charge in [-0.1, -0.05) is 0 Å². The van der Waals surface area contributed by atoms with Crippen LogP contribution in [0.3, 0.4) is 0 Å². The molecule has 0 saturated carbocycles. The molecule has 0 aromatic carbocycles. The first kappa shape index (κ1) is 18.0. The second kappa shape index (κ2) is 7.78. The molecule has 0 atom stereocenters. The monoisotopic (exact) mass is 300 g/mol. The van der Waals surface area contributed by atoms with Gasteiger partial charge in [0.15, 0.2) is 0 Å². The number of nitrogens with zero attached hydrogens (tertiary/aromatic N) is 2. The maximum atomic E-state index is 4.01. The summed E-state index contributed by atoms with van der Waals surface area (Å²) in [5.74, 6) is 0. The van der Waals surface area contributed by atoms with E-state index in [2.05, 4.69) is 62.1 Å². The Kier molecular flexibility index (Phi) is 6.35. The summed E-state index contributed by atoms with van der Waals surface area (Å²) in [5.41, 5.74) is 2.43. The Bertz CT molecular complexity index is 473. The molecule has 2 N–H and O–H groups in total. The molecule has 4 nitrogen and oxygen atoms in total. The van der Waals surface area contributed by atoms with Crippen molar-refractivity contribution < 1.29 is 0 Å². The van der Waals surface area contributed by atoms with E-state index in [0.717, 1.165) is 11.4 Å². The van der Waals surface area contributed by atoms with Crippen LogP contribution in [0.25, 0.3) is 0 Å². The van der Waals surface area contributed by atoms with Gasteiger partial charge in [0.2, 0.25) is 0 Å². The van der Waals surface area contributed by atoms with Gasteiger partial charge in [0.1, 0.15) is 0 Å². The van der Waals surface area contributed by atoms with Crippen LogP contribution in [0.1, 0.15) is 41.5 Å². The fourth-order valence-electron chi connectivity index (χ4n) is 1.74. The number of aromatic nitrogens is 2. The summed E-state index contributed by atoms with van der Waals surface area (Å²) in [6.07, 6.45) is 7.17. The highest BCUT2D eigenvalue weighted by Gasteiger charge is 2.08. The van der Waals surface area contributed by atoms with E-state index in [4.69, 9.17) is 0 Å². The Hall–Kier alpha value is -2.10. The number of nitrogens with one attached hydrogen (secondary N) is 2. The van der Waals surface area contributed by atoms with Crippen LogP contribution in [0.15, 0.2) is 49.1 Å². The molecule has 0 fully saturated rings. The lowest BCUT2D eigenvalue weighted by molar-refractivity contribution is 0.633. The van der Waals surface area contributed by atoms with Crippen molar-refractivity contribution in [1.82, 2.24) is 9.97 Å². The van der Waals surface area contributed by atoms with Crippen molar-refractivity contribution >= 4 is 11.4 Å². The Morgan fingerprint density at radius 2 is 1.23 bits per heavy atom. The minimum atomic E-state index is 0.114. The third-order valence-corrected chi connectivity index (χ3v) is 2.38. The maximum absolute atomic E-state index is 4.01. The van der Waals surface area contributed by atoms with Gasteiger partial charge in [-0.25, -0.2) is 0 Å². The Morgan fingerprint density at radius 3 is 1.68 bits per heavy atom. The second-order valence-corrected chi connectivity index (χ2v) is 7.23. The zero-order chi connectivity index (χ0) is 16.6. The highest BCUT2D eigenvalue weighted by molar-refractivity contribution is 5.43. The van der Waals surface area contributed by atoms with Gasteiger partial charge in [-0.05, 0) is 65.8 Å². The van der Waals surface area contributed by atoms with Gasteiger partial charge in [0.25, 0.3) is 0 Å². The van der Waals surface area contributed by atoms with Crippen LogP contribution in [-0.2, 0) is 0 Å². The summed E-state index contributed by atoms with van der Waals surface area (Å²) in [4.78, 5) is 7.94. The molecular formula is C18H28N4. The first-order chi connectivity index (χ1) is 10.2. The van der Waals surface area contributed by atoms with E-state index in [1.165, 1.54) is 0 Å². The predicted molar refractivity (Wildman–Crippen MR) is 95.2 cm³/mol. The zero-order valence-electron chi connectivity index (χ0n) is 14.5. The van der Waals surface area contributed by atoms with Crippen LogP contribution in [0.4, 0.5) is 11.4 Å². The van der Waals surface area contributed by atoms with Crippen LogP contribution in [0.5, 0.6) is 0 Å². The molecule has 0 aliphatic heterocycles. The lowest BCUT2D eigenvalue weighted by Gasteiger charge is -2.21. The van der Waals surface area contributed by atoms with Gasteiger partial charge in [0, 0.05) is 41.6 Å².